The Labute approximate surface area is 215 Å². The number of nitrogens with one attached hydrogen (secondary N) is 2. The topological polar surface area (TPSA) is 120 Å². The fourth-order valence-corrected chi connectivity index (χ4v) is 8.34. The van der Waals surface area contributed by atoms with E-state index in [0.717, 1.165) is 29.7 Å². The summed E-state index contributed by atoms with van der Waals surface area (Å²) in [6, 6.07) is 10.7. The van der Waals surface area contributed by atoms with E-state index in [-0.39, 0.29) is 12.2 Å². The summed E-state index contributed by atoms with van der Waals surface area (Å²) in [6.45, 7) is 2.85. The van der Waals surface area contributed by atoms with Crippen molar-refractivity contribution in [1.82, 2.24) is 10.8 Å². The number of thiophene rings is 1. The van der Waals surface area contributed by atoms with E-state index in [1.165, 1.54) is 11.3 Å². The van der Waals surface area contributed by atoms with Crippen LogP contribution in [0.25, 0.3) is 10.4 Å². The second kappa shape index (κ2) is 11.7. The molecule has 2 fully saturated rings. The quantitative estimate of drug-likeness (QED) is 0.483. The van der Waals surface area contributed by atoms with Crippen molar-refractivity contribution in [3.05, 3.63) is 41.3 Å². The molecule has 0 saturated carbocycles. The Hall–Kier alpha value is -2.47. The average Bonchev–Trinajstić information content (AvgIpc) is 3.36. The van der Waals surface area contributed by atoms with E-state index in [1.54, 1.807) is 25.1 Å². The summed E-state index contributed by atoms with van der Waals surface area (Å²) in [6.07, 6.45) is 3.05. The Morgan fingerprint density at radius 3 is 2.61 bits per heavy atom. The van der Waals surface area contributed by atoms with Gasteiger partial charge in [0.2, 0.25) is 5.91 Å². The van der Waals surface area contributed by atoms with Crippen LogP contribution in [0.2, 0.25) is 0 Å². The molecule has 1 aromatic carbocycles. The van der Waals surface area contributed by atoms with Crippen LogP contribution in [0.15, 0.2) is 36.4 Å². The van der Waals surface area contributed by atoms with E-state index in [1.807, 2.05) is 18.2 Å². The summed E-state index contributed by atoms with van der Waals surface area (Å²) < 4.78 is 36.2. The molecule has 1 aromatic heterocycles. The van der Waals surface area contributed by atoms with Gasteiger partial charge in [-0.2, -0.15) is 0 Å². The standard InChI is InChI=1S/C25H32N2O7S2/c1-2-26-24(29)33-19-10-8-18(9-11-19)20-12-13-21(35-20)25(14-4-6-16-36(25,30)31)17-22(28)27-34-23-7-3-5-15-32-23/h8-13,23H,2-7,14-17H2,1H3,(H,26,29)(H,27,28)/t23?,25-/m0/s1. The van der Waals surface area contributed by atoms with Crippen molar-refractivity contribution >= 4 is 33.2 Å². The van der Waals surface area contributed by atoms with Crippen molar-refractivity contribution in [3.63, 3.8) is 0 Å². The molecule has 11 heteroatoms. The first-order chi connectivity index (χ1) is 17.3. The normalized spacial score (nSPS) is 23.5. The predicted octanol–water partition coefficient (Wildman–Crippen LogP) is 4.28. The van der Waals surface area contributed by atoms with Gasteiger partial charge in [-0.25, -0.2) is 23.5 Å². The molecule has 2 amide bonds. The van der Waals surface area contributed by atoms with Gasteiger partial charge < -0.3 is 14.8 Å². The number of rotatable bonds is 8. The van der Waals surface area contributed by atoms with Gasteiger partial charge >= 0.3 is 6.09 Å². The highest BCUT2D eigenvalue weighted by Gasteiger charge is 2.49. The number of hydrogen-bond donors (Lipinski definition) is 2. The van der Waals surface area contributed by atoms with Crippen molar-refractivity contribution < 1.29 is 32.3 Å². The molecular weight excluding hydrogens is 504 g/mol. The zero-order valence-electron chi connectivity index (χ0n) is 20.3. The minimum absolute atomic E-state index is 0.0476. The number of benzene rings is 1. The van der Waals surface area contributed by atoms with Crippen LogP contribution in [0.4, 0.5) is 4.79 Å². The third-order valence-corrected chi connectivity index (χ3v) is 10.5. The molecular formula is C25H32N2O7S2. The Morgan fingerprint density at radius 1 is 1.11 bits per heavy atom. The van der Waals surface area contributed by atoms with E-state index in [0.29, 0.717) is 43.0 Å². The molecule has 0 radical (unpaired) electrons. The number of hydrogen-bond acceptors (Lipinski definition) is 8. The molecule has 0 spiro atoms. The first-order valence-electron chi connectivity index (χ1n) is 12.3. The van der Waals surface area contributed by atoms with Crippen LogP contribution < -0.4 is 15.5 Å². The molecule has 36 heavy (non-hydrogen) atoms. The highest BCUT2D eigenvalue weighted by molar-refractivity contribution is 7.92. The van der Waals surface area contributed by atoms with E-state index in [4.69, 9.17) is 14.3 Å². The molecule has 1 unspecified atom stereocenters. The third-order valence-electron chi connectivity index (χ3n) is 6.45. The van der Waals surface area contributed by atoms with Gasteiger partial charge in [-0.1, -0.05) is 6.42 Å². The van der Waals surface area contributed by atoms with Gasteiger partial charge in [0, 0.05) is 29.3 Å². The fraction of sp³-hybridized carbons (Fsp3) is 0.520. The summed E-state index contributed by atoms with van der Waals surface area (Å²) in [4.78, 5) is 31.4. The van der Waals surface area contributed by atoms with Crippen molar-refractivity contribution in [2.24, 2.45) is 0 Å². The van der Waals surface area contributed by atoms with Crippen LogP contribution >= 0.6 is 11.3 Å². The second-order valence-corrected chi connectivity index (χ2v) is 12.5. The molecule has 2 N–H and O–H groups in total. The lowest BCUT2D eigenvalue weighted by atomic mass is 9.94. The van der Waals surface area contributed by atoms with Gasteiger partial charge in [-0.15, -0.1) is 11.3 Å². The lowest BCUT2D eigenvalue weighted by Crippen LogP contribution is -2.45. The molecule has 2 saturated heterocycles. The molecule has 2 aliphatic rings. The van der Waals surface area contributed by atoms with Gasteiger partial charge in [0.15, 0.2) is 16.1 Å². The van der Waals surface area contributed by atoms with Gasteiger partial charge in [0.1, 0.15) is 10.5 Å². The minimum Gasteiger partial charge on any atom is -0.410 e. The first-order valence-corrected chi connectivity index (χ1v) is 14.7. The number of sulfone groups is 1. The summed E-state index contributed by atoms with van der Waals surface area (Å²) in [5, 5.41) is 2.57. The first kappa shape index (κ1) is 26.6. The zero-order valence-corrected chi connectivity index (χ0v) is 21.9. The smallest absolute Gasteiger partial charge is 0.410 e. The maximum atomic E-state index is 13.4. The summed E-state index contributed by atoms with van der Waals surface area (Å²) in [5.74, 6) is -0.0192. The highest BCUT2D eigenvalue weighted by atomic mass is 32.2. The predicted molar refractivity (Wildman–Crippen MR) is 136 cm³/mol. The Kier molecular flexibility index (Phi) is 8.66. The number of carbonyl (C=O) groups is 2. The molecule has 3 heterocycles. The van der Waals surface area contributed by atoms with Crippen molar-refractivity contribution in [2.75, 3.05) is 18.9 Å². The van der Waals surface area contributed by atoms with Crippen LogP contribution in [-0.4, -0.2) is 45.6 Å². The zero-order chi connectivity index (χ0) is 25.6. The Bertz CT molecular complexity index is 1160. The highest BCUT2D eigenvalue weighted by Crippen LogP contribution is 2.47. The van der Waals surface area contributed by atoms with E-state index < -0.39 is 32.9 Å². The summed E-state index contributed by atoms with van der Waals surface area (Å²) >= 11 is 1.36. The molecule has 2 aliphatic heterocycles. The molecule has 196 valence electrons. The minimum atomic E-state index is -3.57. The number of hydroxylamine groups is 1. The maximum absolute atomic E-state index is 13.4. The lowest BCUT2D eigenvalue weighted by molar-refractivity contribution is -0.200. The van der Waals surface area contributed by atoms with E-state index in [2.05, 4.69) is 10.8 Å². The van der Waals surface area contributed by atoms with Crippen molar-refractivity contribution in [1.29, 1.82) is 0 Å². The lowest BCUT2D eigenvalue weighted by Gasteiger charge is -2.35. The van der Waals surface area contributed by atoms with Crippen LogP contribution in [0.1, 0.15) is 56.7 Å². The number of carbonyl (C=O) groups excluding carboxylic acids is 2. The second-order valence-electron chi connectivity index (χ2n) is 8.99. The van der Waals surface area contributed by atoms with Crippen LogP contribution in [0.3, 0.4) is 0 Å². The molecule has 0 bridgehead atoms. The summed E-state index contributed by atoms with van der Waals surface area (Å²) in [5.41, 5.74) is 3.29. The monoisotopic (exact) mass is 536 g/mol. The van der Waals surface area contributed by atoms with Gasteiger partial charge in [0.05, 0.1) is 12.2 Å². The van der Waals surface area contributed by atoms with E-state index >= 15 is 0 Å². The molecule has 2 aromatic rings. The van der Waals surface area contributed by atoms with Gasteiger partial charge in [0.25, 0.3) is 0 Å². The van der Waals surface area contributed by atoms with Gasteiger partial charge in [-0.05, 0) is 74.6 Å². The number of amides is 2. The molecule has 2 atom stereocenters. The molecule has 9 nitrogen and oxygen atoms in total. The maximum Gasteiger partial charge on any atom is 0.412 e. The summed E-state index contributed by atoms with van der Waals surface area (Å²) in [7, 11) is -3.57. The fourth-order valence-electron chi connectivity index (χ4n) is 4.56. The van der Waals surface area contributed by atoms with Crippen molar-refractivity contribution in [3.8, 4) is 16.2 Å². The Balaban J connectivity index is 1.52. The van der Waals surface area contributed by atoms with E-state index in [9.17, 15) is 18.0 Å². The number of ether oxygens (including phenoxy) is 2. The largest absolute Gasteiger partial charge is 0.412 e. The molecule has 0 aliphatic carbocycles. The average molecular weight is 537 g/mol. The van der Waals surface area contributed by atoms with Gasteiger partial charge in [-0.3, -0.25) is 4.79 Å². The van der Waals surface area contributed by atoms with Crippen molar-refractivity contribution in [2.45, 2.75) is 62.9 Å². The molecule has 4 rings (SSSR count). The van der Waals surface area contributed by atoms with Crippen LogP contribution in [0.5, 0.6) is 5.75 Å². The Morgan fingerprint density at radius 2 is 1.92 bits per heavy atom. The third kappa shape index (κ3) is 6.08. The van der Waals surface area contributed by atoms with Crippen LogP contribution in [0, 0.1) is 0 Å². The SMILES string of the molecule is CCNC(=O)Oc1ccc(-c2ccc([C@@]3(CC(=O)NOC4CCCCO4)CCCCS3(=O)=O)s2)cc1. The van der Waals surface area contributed by atoms with Crippen LogP contribution in [-0.2, 0) is 29.0 Å².